The van der Waals surface area contributed by atoms with Gasteiger partial charge in [0, 0.05) is 6.20 Å². The number of pyridine rings is 2. The van der Waals surface area contributed by atoms with Gasteiger partial charge in [-0.05, 0) is 24.6 Å². The second-order valence-electron chi connectivity index (χ2n) is 3.88. The van der Waals surface area contributed by atoms with E-state index in [2.05, 4.69) is 14.7 Å². The van der Waals surface area contributed by atoms with Gasteiger partial charge in [0.1, 0.15) is 15.2 Å². The van der Waals surface area contributed by atoms with Crippen molar-refractivity contribution in [2.75, 3.05) is 4.72 Å². The molecule has 2 aromatic rings. The predicted octanol–water partition coefficient (Wildman–Crippen LogP) is 3.55. The van der Waals surface area contributed by atoms with Crippen LogP contribution in [0.3, 0.4) is 0 Å². The molecule has 5 nitrogen and oxygen atoms in total. The van der Waals surface area contributed by atoms with Crippen molar-refractivity contribution in [3.63, 3.8) is 0 Å². The Morgan fingerprint density at radius 2 is 1.70 bits per heavy atom. The standard InChI is InChI=1S/C11H8Cl3N3O2S/c1-6-2-7(4-15-10(6)13)17-20(18,19)8-3-9(12)11(14)16-5-8/h2-5,17H,1H3. The molecule has 0 aliphatic heterocycles. The summed E-state index contributed by atoms with van der Waals surface area (Å²) < 4.78 is 26.7. The van der Waals surface area contributed by atoms with Crippen LogP contribution in [0, 0.1) is 6.92 Å². The van der Waals surface area contributed by atoms with Crippen LogP contribution in [-0.4, -0.2) is 18.4 Å². The minimum Gasteiger partial charge on any atom is -0.278 e. The third-order valence-electron chi connectivity index (χ3n) is 2.35. The van der Waals surface area contributed by atoms with Crippen LogP contribution in [0.25, 0.3) is 0 Å². The summed E-state index contributed by atoms with van der Waals surface area (Å²) >= 11 is 17.2. The van der Waals surface area contributed by atoms with Crippen molar-refractivity contribution in [1.29, 1.82) is 0 Å². The van der Waals surface area contributed by atoms with E-state index < -0.39 is 10.0 Å². The molecule has 20 heavy (non-hydrogen) atoms. The first-order chi connectivity index (χ1) is 9.29. The lowest BCUT2D eigenvalue weighted by Gasteiger charge is -2.09. The number of aromatic nitrogens is 2. The number of nitrogens with zero attached hydrogens (tertiary/aromatic N) is 2. The van der Waals surface area contributed by atoms with Crippen LogP contribution in [0.2, 0.25) is 15.3 Å². The highest BCUT2D eigenvalue weighted by molar-refractivity contribution is 7.92. The van der Waals surface area contributed by atoms with Gasteiger partial charge in [0.2, 0.25) is 0 Å². The summed E-state index contributed by atoms with van der Waals surface area (Å²) in [4.78, 5) is 7.46. The highest BCUT2D eigenvalue weighted by atomic mass is 35.5. The Bertz CT molecular complexity index is 766. The summed E-state index contributed by atoms with van der Waals surface area (Å²) in [5.41, 5.74) is 0.942. The van der Waals surface area contributed by atoms with Gasteiger partial charge in [-0.1, -0.05) is 34.8 Å². The van der Waals surface area contributed by atoms with E-state index in [1.165, 1.54) is 12.3 Å². The fourth-order valence-corrected chi connectivity index (χ4v) is 2.82. The number of anilines is 1. The van der Waals surface area contributed by atoms with Crippen LogP contribution in [-0.2, 0) is 10.0 Å². The summed E-state index contributed by atoms with van der Waals surface area (Å²) in [5, 5.41) is 0.402. The van der Waals surface area contributed by atoms with E-state index in [4.69, 9.17) is 34.8 Å². The van der Waals surface area contributed by atoms with Gasteiger partial charge in [-0.15, -0.1) is 0 Å². The molecule has 0 radical (unpaired) electrons. The lowest BCUT2D eigenvalue weighted by atomic mass is 10.3. The van der Waals surface area contributed by atoms with E-state index in [1.54, 1.807) is 13.0 Å². The lowest BCUT2D eigenvalue weighted by molar-refractivity contribution is 0.601. The maximum absolute atomic E-state index is 12.1. The maximum atomic E-state index is 12.1. The highest BCUT2D eigenvalue weighted by Gasteiger charge is 2.17. The van der Waals surface area contributed by atoms with E-state index >= 15 is 0 Å². The van der Waals surface area contributed by atoms with Crippen molar-refractivity contribution in [3.05, 3.63) is 45.4 Å². The van der Waals surface area contributed by atoms with E-state index in [-0.39, 0.29) is 20.8 Å². The smallest absolute Gasteiger partial charge is 0.263 e. The Kier molecular flexibility index (Phi) is 4.39. The fraction of sp³-hybridized carbons (Fsp3) is 0.0909. The molecule has 0 atom stereocenters. The van der Waals surface area contributed by atoms with Gasteiger partial charge in [0.15, 0.2) is 0 Å². The molecular weight excluding hydrogens is 345 g/mol. The van der Waals surface area contributed by atoms with Gasteiger partial charge < -0.3 is 0 Å². The van der Waals surface area contributed by atoms with Gasteiger partial charge >= 0.3 is 0 Å². The molecule has 0 aliphatic rings. The van der Waals surface area contributed by atoms with Crippen LogP contribution in [0.15, 0.2) is 29.4 Å². The first-order valence-electron chi connectivity index (χ1n) is 5.25. The van der Waals surface area contributed by atoms with Crippen molar-refractivity contribution in [3.8, 4) is 0 Å². The minimum absolute atomic E-state index is 0.0367. The Morgan fingerprint density at radius 1 is 1.05 bits per heavy atom. The molecule has 9 heteroatoms. The van der Waals surface area contributed by atoms with Gasteiger partial charge in [0.25, 0.3) is 10.0 Å². The van der Waals surface area contributed by atoms with E-state index in [1.807, 2.05) is 0 Å². The molecule has 0 saturated heterocycles. The summed E-state index contributed by atoms with van der Waals surface area (Å²) in [6.07, 6.45) is 2.44. The Labute approximate surface area is 131 Å². The first kappa shape index (κ1) is 15.3. The van der Waals surface area contributed by atoms with E-state index in [9.17, 15) is 8.42 Å². The molecule has 1 N–H and O–H groups in total. The second-order valence-corrected chi connectivity index (χ2v) is 6.69. The third kappa shape index (κ3) is 3.32. The molecule has 2 rings (SSSR count). The number of sulfonamides is 1. The largest absolute Gasteiger partial charge is 0.278 e. The third-order valence-corrected chi connectivity index (χ3v) is 4.78. The van der Waals surface area contributed by atoms with Gasteiger partial charge in [-0.3, -0.25) is 4.72 Å². The molecule has 2 aromatic heterocycles. The van der Waals surface area contributed by atoms with Gasteiger partial charge in [-0.25, -0.2) is 18.4 Å². The molecule has 0 bridgehead atoms. The van der Waals surface area contributed by atoms with Crippen molar-refractivity contribution < 1.29 is 8.42 Å². The van der Waals surface area contributed by atoms with Crippen molar-refractivity contribution in [2.24, 2.45) is 0 Å². The molecule has 0 amide bonds. The Morgan fingerprint density at radius 3 is 2.30 bits per heavy atom. The SMILES string of the molecule is Cc1cc(NS(=O)(=O)c2cnc(Cl)c(Cl)c2)cnc1Cl. The first-order valence-corrected chi connectivity index (χ1v) is 7.87. The molecule has 0 spiro atoms. The summed E-state index contributed by atoms with van der Waals surface area (Å²) in [5.74, 6) is 0. The number of hydrogen-bond donors (Lipinski definition) is 1. The van der Waals surface area contributed by atoms with Crippen LogP contribution >= 0.6 is 34.8 Å². The summed E-state index contributed by atoms with van der Waals surface area (Å²) in [7, 11) is -3.82. The molecule has 0 aromatic carbocycles. The maximum Gasteiger partial charge on any atom is 0.263 e. The van der Waals surface area contributed by atoms with Crippen molar-refractivity contribution in [1.82, 2.24) is 9.97 Å². The van der Waals surface area contributed by atoms with Gasteiger partial charge in [0.05, 0.1) is 16.9 Å². The number of aryl methyl sites for hydroxylation is 1. The van der Waals surface area contributed by atoms with Crippen LogP contribution in [0.5, 0.6) is 0 Å². The normalized spacial score (nSPS) is 11.4. The Balaban J connectivity index is 2.35. The van der Waals surface area contributed by atoms with Crippen molar-refractivity contribution in [2.45, 2.75) is 11.8 Å². The monoisotopic (exact) mass is 351 g/mol. The average Bonchev–Trinajstić information content (AvgIpc) is 2.37. The molecule has 0 aliphatic carbocycles. The molecule has 2 heterocycles. The number of nitrogens with one attached hydrogen (secondary N) is 1. The second kappa shape index (κ2) is 5.73. The summed E-state index contributed by atoms with van der Waals surface area (Å²) in [6, 6.07) is 2.78. The van der Waals surface area contributed by atoms with E-state index in [0.717, 1.165) is 6.20 Å². The number of hydrogen-bond acceptors (Lipinski definition) is 4. The topological polar surface area (TPSA) is 72.0 Å². The molecular formula is C11H8Cl3N3O2S. The number of halogens is 3. The van der Waals surface area contributed by atoms with E-state index in [0.29, 0.717) is 10.7 Å². The van der Waals surface area contributed by atoms with Crippen LogP contribution in [0.4, 0.5) is 5.69 Å². The summed E-state index contributed by atoms with van der Waals surface area (Å²) in [6.45, 7) is 1.72. The zero-order valence-electron chi connectivity index (χ0n) is 10.1. The van der Waals surface area contributed by atoms with Crippen LogP contribution in [0.1, 0.15) is 5.56 Å². The zero-order valence-corrected chi connectivity index (χ0v) is 13.1. The van der Waals surface area contributed by atoms with Crippen molar-refractivity contribution >= 4 is 50.5 Å². The predicted molar refractivity (Wildman–Crippen MR) is 79.0 cm³/mol. The number of rotatable bonds is 3. The fourth-order valence-electron chi connectivity index (χ4n) is 1.38. The highest BCUT2D eigenvalue weighted by Crippen LogP contribution is 2.24. The minimum atomic E-state index is -3.82. The molecule has 0 unspecified atom stereocenters. The lowest BCUT2D eigenvalue weighted by Crippen LogP contribution is -2.13. The molecule has 106 valence electrons. The quantitative estimate of drug-likeness (QED) is 0.858. The van der Waals surface area contributed by atoms with Crippen LogP contribution < -0.4 is 4.72 Å². The molecule has 0 saturated carbocycles. The zero-order chi connectivity index (χ0) is 14.9. The average molecular weight is 353 g/mol. The van der Waals surface area contributed by atoms with Gasteiger partial charge in [-0.2, -0.15) is 0 Å². The molecule has 0 fully saturated rings. The Hall–Kier alpha value is -1.08.